The first-order valence-electron chi connectivity index (χ1n) is 8.84. The Morgan fingerprint density at radius 1 is 1.36 bits per heavy atom. The first-order valence-corrected chi connectivity index (χ1v) is 8.84. The molecule has 3 N–H and O–H groups in total. The quantitative estimate of drug-likeness (QED) is 0.832. The smallest absolute Gasteiger partial charge is 0.241 e. The number of rotatable bonds is 6. The number of hydrogen-bond donors (Lipinski definition) is 2. The Hall–Kier alpha value is -2.28. The molecular weight excluding hydrogens is 316 g/mol. The van der Waals surface area contributed by atoms with Gasteiger partial charge in [-0.05, 0) is 44.4 Å². The summed E-state index contributed by atoms with van der Waals surface area (Å²) in [5, 5.41) is 6.81. The molecule has 1 aromatic heterocycles. The first-order chi connectivity index (χ1) is 12.1. The van der Waals surface area contributed by atoms with Gasteiger partial charge in [-0.1, -0.05) is 18.2 Å². The van der Waals surface area contributed by atoms with Crippen LogP contribution in [0.15, 0.2) is 18.2 Å². The molecule has 3 rings (SSSR count). The molecule has 0 unspecified atom stereocenters. The zero-order chi connectivity index (χ0) is 17.8. The van der Waals surface area contributed by atoms with Crippen LogP contribution in [0.25, 0.3) is 0 Å². The fourth-order valence-electron chi connectivity index (χ4n) is 3.61. The van der Waals surface area contributed by atoms with Crippen LogP contribution < -0.4 is 15.4 Å². The monoisotopic (exact) mass is 344 g/mol. The van der Waals surface area contributed by atoms with Crippen molar-refractivity contribution >= 4 is 11.9 Å². The van der Waals surface area contributed by atoms with E-state index in [2.05, 4.69) is 57.2 Å². The summed E-state index contributed by atoms with van der Waals surface area (Å²) in [4.78, 5) is 8.90. The minimum atomic E-state index is 0.307. The fraction of sp³-hybridized carbons (Fsp3) is 0.556. The highest BCUT2D eigenvalue weighted by molar-refractivity contribution is 5.40. The third kappa shape index (κ3) is 4.04. The van der Waals surface area contributed by atoms with E-state index in [1.807, 2.05) is 0 Å². The molecule has 0 bridgehead atoms. The second kappa shape index (κ2) is 7.74. The molecule has 0 spiro atoms. The average molecular weight is 344 g/mol. The maximum Gasteiger partial charge on any atom is 0.241 e. The number of nitrogens with zero attached hydrogens (tertiary/aromatic N) is 4. The van der Waals surface area contributed by atoms with Crippen molar-refractivity contribution in [1.82, 2.24) is 20.1 Å². The molecule has 7 heteroatoms. The molecule has 1 fully saturated rings. The van der Waals surface area contributed by atoms with Gasteiger partial charge >= 0.3 is 0 Å². The summed E-state index contributed by atoms with van der Waals surface area (Å²) in [5.74, 6) is 2.11. The zero-order valence-corrected chi connectivity index (χ0v) is 15.3. The Labute approximate surface area is 149 Å². The molecule has 7 nitrogen and oxygen atoms in total. The lowest BCUT2D eigenvalue weighted by atomic mass is 10.0. The number of methoxy groups -OCH3 is 1. The van der Waals surface area contributed by atoms with Gasteiger partial charge in [-0.2, -0.15) is 4.98 Å². The summed E-state index contributed by atoms with van der Waals surface area (Å²) in [7, 11) is 3.97. The number of piperidine rings is 1. The predicted octanol–water partition coefficient (Wildman–Crippen LogP) is 1.85. The van der Waals surface area contributed by atoms with Crippen LogP contribution in [0.4, 0.5) is 11.9 Å². The largest absolute Gasteiger partial charge is 0.496 e. The van der Waals surface area contributed by atoms with E-state index in [1.54, 1.807) is 7.11 Å². The number of nitrogens with two attached hydrogens (primary N) is 1. The van der Waals surface area contributed by atoms with Crippen molar-refractivity contribution in [3.63, 3.8) is 0 Å². The van der Waals surface area contributed by atoms with E-state index in [-0.39, 0.29) is 0 Å². The van der Waals surface area contributed by atoms with Crippen molar-refractivity contribution in [1.29, 1.82) is 0 Å². The Morgan fingerprint density at radius 3 is 2.76 bits per heavy atom. The van der Waals surface area contributed by atoms with E-state index in [1.165, 1.54) is 11.1 Å². The number of aromatic amines is 1. The number of hydrogen-bond acceptors (Lipinski definition) is 6. The SMILES string of the molecule is COc1c(C)cccc1CCN(C)C1CCN(c2nc(N)n[nH]2)CC1. The van der Waals surface area contributed by atoms with E-state index in [4.69, 9.17) is 10.5 Å². The van der Waals surface area contributed by atoms with Gasteiger partial charge in [-0.15, -0.1) is 5.10 Å². The summed E-state index contributed by atoms with van der Waals surface area (Å²) in [6, 6.07) is 6.95. The molecule has 1 aliphatic heterocycles. The number of likely N-dealkylation sites (N-methyl/N-ethyl adjacent to an activating group) is 1. The molecule has 1 aliphatic rings. The predicted molar refractivity (Wildman–Crippen MR) is 100 cm³/mol. The highest BCUT2D eigenvalue weighted by atomic mass is 16.5. The zero-order valence-electron chi connectivity index (χ0n) is 15.3. The molecule has 1 aromatic carbocycles. The van der Waals surface area contributed by atoms with E-state index >= 15 is 0 Å². The minimum absolute atomic E-state index is 0.307. The van der Waals surface area contributed by atoms with E-state index in [9.17, 15) is 0 Å². The van der Waals surface area contributed by atoms with Gasteiger partial charge in [0.05, 0.1) is 7.11 Å². The maximum absolute atomic E-state index is 5.59. The summed E-state index contributed by atoms with van der Waals surface area (Å²) >= 11 is 0. The Morgan fingerprint density at radius 2 is 2.12 bits per heavy atom. The van der Waals surface area contributed by atoms with E-state index in [0.29, 0.717) is 12.0 Å². The molecular formula is C18H28N6O. The number of nitrogens with one attached hydrogen (secondary N) is 1. The van der Waals surface area contributed by atoms with E-state index < -0.39 is 0 Å². The molecule has 0 saturated carbocycles. The first kappa shape index (κ1) is 17.5. The summed E-state index contributed by atoms with van der Waals surface area (Å²) in [6.45, 7) is 5.06. The molecule has 2 heterocycles. The van der Waals surface area contributed by atoms with Gasteiger partial charge < -0.3 is 20.3 Å². The lowest BCUT2D eigenvalue weighted by Crippen LogP contribution is -2.44. The highest BCUT2D eigenvalue weighted by Gasteiger charge is 2.24. The van der Waals surface area contributed by atoms with Crippen molar-refractivity contribution in [2.75, 3.05) is 44.4 Å². The van der Waals surface area contributed by atoms with Crippen LogP contribution in [0.5, 0.6) is 5.75 Å². The van der Waals surface area contributed by atoms with Crippen molar-refractivity contribution in [3.05, 3.63) is 29.3 Å². The Balaban J connectivity index is 1.51. The van der Waals surface area contributed by atoms with Crippen LogP contribution in [-0.4, -0.2) is 59.9 Å². The van der Waals surface area contributed by atoms with Gasteiger partial charge in [0.25, 0.3) is 0 Å². The standard InChI is InChI=1S/C18H28N6O/c1-13-5-4-6-14(16(13)25-3)7-10-23(2)15-8-11-24(12-9-15)18-20-17(19)21-22-18/h4-6,15H,7-12H2,1-3H3,(H3,19,20,21,22). The second-order valence-corrected chi connectivity index (χ2v) is 6.73. The van der Waals surface area contributed by atoms with Crippen LogP contribution in [0, 0.1) is 6.92 Å². The van der Waals surface area contributed by atoms with Crippen LogP contribution in [0.2, 0.25) is 0 Å². The van der Waals surface area contributed by atoms with Crippen LogP contribution in [0.3, 0.4) is 0 Å². The normalized spacial score (nSPS) is 15.8. The maximum atomic E-state index is 5.59. The third-order valence-corrected chi connectivity index (χ3v) is 5.11. The lowest BCUT2D eigenvalue weighted by molar-refractivity contribution is 0.209. The number of aryl methyl sites for hydroxylation is 1. The van der Waals surface area contributed by atoms with Crippen molar-refractivity contribution in [3.8, 4) is 5.75 Å². The van der Waals surface area contributed by atoms with Gasteiger partial charge in [0.1, 0.15) is 5.75 Å². The van der Waals surface area contributed by atoms with Crippen molar-refractivity contribution in [2.45, 2.75) is 32.2 Å². The van der Waals surface area contributed by atoms with Crippen molar-refractivity contribution < 1.29 is 4.74 Å². The van der Waals surface area contributed by atoms with Gasteiger partial charge in [0.2, 0.25) is 11.9 Å². The number of H-pyrrole nitrogens is 1. The van der Waals surface area contributed by atoms with Gasteiger partial charge in [0, 0.05) is 25.7 Å². The van der Waals surface area contributed by atoms with Gasteiger partial charge in [0.15, 0.2) is 0 Å². The van der Waals surface area contributed by atoms with Crippen LogP contribution in [0.1, 0.15) is 24.0 Å². The van der Waals surface area contributed by atoms with Gasteiger partial charge in [-0.25, -0.2) is 5.10 Å². The van der Waals surface area contributed by atoms with E-state index in [0.717, 1.165) is 50.6 Å². The van der Waals surface area contributed by atoms with Crippen molar-refractivity contribution in [2.24, 2.45) is 0 Å². The number of benzene rings is 1. The summed E-state index contributed by atoms with van der Waals surface area (Å²) in [6.07, 6.45) is 3.23. The molecule has 25 heavy (non-hydrogen) atoms. The summed E-state index contributed by atoms with van der Waals surface area (Å²) < 4.78 is 5.57. The number of ether oxygens (including phenoxy) is 1. The number of anilines is 2. The Kier molecular flexibility index (Phi) is 5.43. The average Bonchev–Trinajstić information content (AvgIpc) is 3.06. The minimum Gasteiger partial charge on any atom is -0.496 e. The van der Waals surface area contributed by atoms with Crippen LogP contribution >= 0.6 is 0 Å². The molecule has 0 aliphatic carbocycles. The fourth-order valence-corrected chi connectivity index (χ4v) is 3.61. The number of nitrogen functional groups attached to an aromatic ring is 1. The molecule has 2 aromatic rings. The molecule has 0 radical (unpaired) electrons. The second-order valence-electron chi connectivity index (χ2n) is 6.73. The summed E-state index contributed by atoms with van der Waals surface area (Å²) in [5.41, 5.74) is 8.07. The van der Waals surface area contributed by atoms with Gasteiger partial charge in [-0.3, -0.25) is 0 Å². The third-order valence-electron chi connectivity index (χ3n) is 5.11. The molecule has 1 saturated heterocycles. The molecule has 0 atom stereocenters. The number of para-hydroxylation sites is 1. The van der Waals surface area contributed by atoms with Crippen LogP contribution in [-0.2, 0) is 6.42 Å². The number of aromatic nitrogens is 3. The Bertz CT molecular complexity index is 693. The highest BCUT2D eigenvalue weighted by Crippen LogP contribution is 2.24. The molecule has 136 valence electrons. The lowest BCUT2D eigenvalue weighted by Gasteiger charge is -2.36. The molecule has 0 amide bonds. The topological polar surface area (TPSA) is 83.3 Å².